The third kappa shape index (κ3) is 4.46. The van der Waals surface area contributed by atoms with Crippen LogP contribution in [-0.2, 0) is 11.4 Å². The lowest BCUT2D eigenvalue weighted by Gasteiger charge is -2.13. The van der Waals surface area contributed by atoms with E-state index in [1.54, 1.807) is 12.1 Å². The largest absolute Gasteiger partial charge is 0.490 e. The summed E-state index contributed by atoms with van der Waals surface area (Å²) in [7, 11) is 0. The van der Waals surface area contributed by atoms with Crippen LogP contribution in [0.25, 0.3) is 6.08 Å². The summed E-state index contributed by atoms with van der Waals surface area (Å²) in [6, 6.07) is 13.6. The molecule has 0 aromatic heterocycles. The first-order valence-corrected chi connectivity index (χ1v) is 9.07. The van der Waals surface area contributed by atoms with Gasteiger partial charge in [0, 0.05) is 0 Å². The van der Waals surface area contributed by atoms with Crippen molar-refractivity contribution < 1.29 is 19.1 Å². The van der Waals surface area contributed by atoms with E-state index in [-0.39, 0.29) is 11.1 Å². The highest BCUT2D eigenvalue weighted by atomic mass is 32.2. The van der Waals surface area contributed by atoms with Crippen molar-refractivity contribution in [1.29, 1.82) is 0 Å². The zero-order valence-electron chi connectivity index (χ0n) is 14.6. The average molecular weight is 369 g/mol. The Morgan fingerprint density at radius 2 is 1.92 bits per heavy atom. The van der Waals surface area contributed by atoms with Crippen LogP contribution in [-0.4, -0.2) is 17.8 Å². The molecule has 1 saturated heterocycles. The van der Waals surface area contributed by atoms with Crippen LogP contribution in [0.2, 0.25) is 0 Å². The molecule has 6 heteroatoms. The standard InChI is InChI=1S/C20H19NO4S/c1-3-24-17-10-14(11-18-19(22)21-20(23)26-18)7-8-16(17)25-12-15-6-4-5-13(2)9-15/h4-11H,3,12H2,1-2H3,(H,21,22,23)/b18-11+. The number of amides is 2. The maximum atomic E-state index is 11.7. The molecule has 0 radical (unpaired) electrons. The monoisotopic (exact) mass is 369 g/mol. The lowest BCUT2D eigenvalue weighted by atomic mass is 10.1. The zero-order valence-corrected chi connectivity index (χ0v) is 15.4. The molecule has 0 bridgehead atoms. The summed E-state index contributed by atoms with van der Waals surface area (Å²) in [4.78, 5) is 23.3. The number of thioether (sulfide) groups is 1. The highest BCUT2D eigenvalue weighted by molar-refractivity contribution is 8.18. The van der Waals surface area contributed by atoms with Gasteiger partial charge in [0.2, 0.25) is 0 Å². The van der Waals surface area contributed by atoms with Crippen molar-refractivity contribution in [3.63, 3.8) is 0 Å². The van der Waals surface area contributed by atoms with E-state index in [9.17, 15) is 9.59 Å². The zero-order chi connectivity index (χ0) is 18.5. The van der Waals surface area contributed by atoms with E-state index in [0.29, 0.717) is 29.6 Å². The molecule has 1 aliphatic heterocycles. The number of imide groups is 1. The van der Waals surface area contributed by atoms with Crippen molar-refractivity contribution in [3.8, 4) is 11.5 Å². The second kappa shape index (κ2) is 8.10. The fourth-order valence-corrected chi connectivity index (χ4v) is 3.22. The average Bonchev–Trinajstić information content (AvgIpc) is 2.92. The number of aryl methyl sites for hydroxylation is 1. The topological polar surface area (TPSA) is 64.6 Å². The molecular weight excluding hydrogens is 350 g/mol. The number of benzene rings is 2. The molecule has 1 N–H and O–H groups in total. The SMILES string of the molecule is CCOc1cc(/C=C2/SC(=O)NC2=O)ccc1OCc1cccc(C)c1. The third-order valence-electron chi connectivity index (χ3n) is 3.68. The molecule has 3 rings (SSSR count). The van der Waals surface area contributed by atoms with Gasteiger partial charge < -0.3 is 9.47 Å². The van der Waals surface area contributed by atoms with Gasteiger partial charge in [-0.3, -0.25) is 14.9 Å². The molecule has 134 valence electrons. The number of hydrogen-bond acceptors (Lipinski definition) is 5. The highest BCUT2D eigenvalue weighted by Crippen LogP contribution is 2.32. The van der Waals surface area contributed by atoms with Crippen LogP contribution in [0.3, 0.4) is 0 Å². The van der Waals surface area contributed by atoms with Crippen molar-refractivity contribution in [3.05, 3.63) is 64.1 Å². The van der Waals surface area contributed by atoms with E-state index in [0.717, 1.165) is 22.9 Å². The molecule has 26 heavy (non-hydrogen) atoms. The van der Waals surface area contributed by atoms with Crippen LogP contribution >= 0.6 is 11.8 Å². The molecule has 0 atom stereocenters. The van der Waals surface area contributed by atoms with Gasteiger partial charge in [-0.2, -0.15) is 0 Å². The Hall–Kier alpha value is -2.73. The molecule has 2 aromatic carbocycles. The number of nitrogens with one attached hydrogen (secondary N) is 1. The van der Waals surface area contributed by atoms with E-state index in [4.69, 9.17) is 9.47 Å². The number of rotatable bonds is 6. The number of ether oxygens (including phenoxy) is 2. The van der Waals surface area contributed by atoms with Crippen LogP contribution < -0.4 is 14.8 Å². The number of hydrogen-bond donors (Lipinski definition) is 1. The number of carbonyl (C=O) groups excluding carboxylic acids is 2. The van der Waals surface area contributed by atoms with Gasteiger partial charge in [0.05, 0.1) is 11.5 Å². The molecule has 2 aromatic rings. The van der Waals surface area contributed by atoms with Gasteiger partial charge in [0.25, 0.3) is 11.1 Å². The van der Waals surface area contributed by atoms with Gasteiger partial charge in [0.1, 0.15) is 6.61 Å². The van der Waals surface area contributed by atoms with Crippen LogP contribution in [0.15, 0.2) is 47.4 Å². The predicted octanol–water partition coefficient (Wildman–Crippen LogP) is 4.30. The predicted molar refractivity (Wildman–Crippen MR) is 102 cm³/mol. The first-order valence-electron chi connectivity index (χ1n) is 8.25. The van der Waals surface area contributed by atoms with Gasteiger partial charge in [-0.15, -0.1) is 0 Å². The van der Waals surface area contributed by atoms with Crippen LogP contribution in [0.5, 0.6) is 11.5 Å². The molecule has 1 fully saturated rings. The summed E-state index contributed by atoms with van der Waals surface area (Å²) in [5, 5.41) is 1.89. The minimum Gasteiger partial charge on any atom is -0.490 e. The maximum absolute atomic E-state index is 11.7. The molecule has 2 amide bonds. The molecular formula is C20H19NO4S. The van der Waals surface area contributed by atoms with Crippen LogP contribution in [0, 0.1) is 6.92 Å². The Balaban J connectivity index is 1.79. The van der Waals surface area contributed by atoms with Crippen LogP contribution in [0.4, 0.5) is 4.79 Å². The molecule has 1 heterocycles. The first kappa shape index (κ1) is 18.1. The van der Waals surface area contributed by atoms with E-state index in [1.807, 2.05) is 44.2 Å². The van der Waals surface area contributed by atoms with E-state index < -0.39 is 0 Å². The van der Waals surface area contributed by atoms with Crippen molar-refractivity contribution in [2.45, 2.75) is 20.5 Å². The Kier molecular flexibility index (Phi) is 5.63. The van der Waals surface area contributed by atoms with Crippen LogP contribution in [0.1, 0.15) is 23.6 Å². The van der Waals surface area contributed by atoms with Gasteiger partial charge in [-0.05, 0) is 54.9 Å². The second-order valence-electron chi connectivity index (χ2n) is 5.77. The Morgan fingerprint density at radius 1 is 1.08 bits per heavy atom. The summed E-state index contributed by atoms with van der Waals surface area (Å²) in [5.74, 6) is 0.858. The Bertz CT molecular complexity index is 876. The molecule has 1 aliphatic rings. The summed E-state index contributed by atoms with van der Waals surface area (Å²) in [6.45, 7) is 4.87. The minimum atomic E-state index is -0.377. The number of carbonyl (C=O) groups is 2. The fourth-order valence-electron chi connectivity index (χ4n) is 2.54. The lowest BCUT2D eigenvalue weighted by molar-refractivity contribution is -0.115. The van der Waals surface area contributed by atoms with Crippen molar-refractivity contribution in [2.75, 3.05) is 6.61 Å². The quantitative estimate of drug-likeness (QED) is 0.769. The minimum absolute atomic E-state index is 0.357. The highest BCUT2D eigenvalue weighted by Gasteiger charge is 2.25. The van der Waals surface area contributed by atoms with E-state index in [2.05, 4.69) is 11.4 Å². The normalized spacial score (nSPS) is 15.2. The first-order chi connectivity index (χ1) is 12.5. The van der Waals surface area contributed by atoms with Crippen molar-refractivity contribution >= 4 is 29.0 Å². The van der Waals surface area contributed by atoms with Gasteiger partial charge in [-0.25, -0.2) is 0 Å². The summed E-state index contributed by atoms with van der Waals surface area (Å²) in [5.41, 5.74) is 3.03. The Labute approximate surface area is 156 Å². The van der Waals surface area contributed by atoms with Crippen molar-refractivity contribution in [1.82, 2.24) is 5.32 Å². The molecule has 0 spiro atoms. The second-order valence-corrected chi connectivity index (χ2v) is 6.78. The van der Waals surface area contributed by atoms with Gasteiger partial charge in [0.15, 0.2) is 11.5 Å². The lowest BCUT2D eigenvalue weighted by Crippen LogP contribution is -2.17. The maximum Gasteiger partial charge on any atom is 0.290 e. The smallest absolute Gasteiger partial charge is 0.290 e. The molecule has 0 saturated carbocycles. The van der Waals surface area contributed by atoms with Gasteiger partial charge in [-0.1, -0.05) is 35.9 Å². The van der Waals surface area contributed by atoms with E-state index in [1.165, 1.54) is 5.56 Å². The van der Waals surface area contributed by atoms with Crippen molar-refractivity contribution in [2.24, 2.45) is 0 Å². The third-order valence-corrected chi connectivity index (χ3v) is 4.49. The fraction of sp³-hybridized carbons (Fsp3) is 0.200. The molecule has 0 unspecified atom stereocenters. The van der Waals surface area contributed by atoms with Gasteiger partial charge >= 0.3 is 0 Å². The summed E-state index contributed by atoms with van der Waals surface area (Å²) < 4.78 is 11.6. The summed E-state index contributed by atoms with van der Waals surface area (Å²) in [6.07, 6.45) is 1.66. The Morgan fingerprint density at radius 3 is 2.62 bits per heavy atom. The molecule has 5 nitrogen and oxygen atoms in total. The molecule has 0 aliphatic carbocycles. The van der Waals surface area contributed by atoms with E-state index >= 15 is 0 Å². The summed E-state index contributed by atoms with van der Waals surface area (Å²) >= 11 is 0.890.